The first-order valence-electron chi connectivity index (χ1n) is 7.24. The van der Waals surface area contributed by atoms with Crippen molar-refractivity contribution in [3.63, 3.8) is 0 Å². The Bertz CT molecular complexity index is 581. The van der Waals surface area contributed by atoms with E-state index in [1.54, 1.807) is 16.8 Å². The summed E-state index contributed by atoms with van der Waals surface area (Å²) in [5.41, 5.74) is 1.50. The van der Waals surface area contributed by atoms with Crippen molar-refractivity contribution in [3.8, 4) is 0 Å². The van der Waals surface area contributed by atoms with E-state index in [1.165, 1.54) is 0 Å². The molecule has 0 aliphatic heterocycles. The molecule has 0 spiro atoms. The molecule has 1 N–H and O–H groups in total. The molecule has 1 atom stereocenters. The van der Waals surface area contributed by atoms with Crippen LogP contribution in [0, 0.1) is 11.6 Å². The number of aromatic nitrogens is 2. The maximum atomic E-state index is 13.8. The molecule has 5 heteroatoms. The van der Waals surface area contributed by atoms with E-state index >= 15 is 0 Å². The number of hydrogen-bond acceptors (Lipinski definition) is 2. The van der Waals surface area contributed by atoms with Gasteiger partial charge in [-0.2, -0.15) is 5.10 Å². The molecule has 0 aliphatic carbocycles. The monoisotopic (exact) mass is 293 g/mol. The summed E-state index contributed by atoms with van der Waals surface area (Å²) in [6.07, 6.45) is 5.95. The fourth-order valence-electron chi connectivity index (χ4n) is 2.40. The third-order valence-corrected chi connectivity index (χ3v) is 3.42. The van der Waals surface area contributed by atoms with Gasteiger partial charge in [-0.05, 0) is 43.0 Å². The molecule has 0 radical (unpaired) electrons. The maximum Gasteiger partial charge on any atom is 0.162 e. The summed E-state index contributed by atoms with van der Waals surface area (Å²) in [6, 6.07) is 4.40. The topological polar surface area (TPSA) is 29.9 Å². The smallest absolute Gasteiger partial charge is 0.162 e. The lowest BCUT2D eigenvalue weighted by Gasteiger charge is -2.18. The minimum absolute atomic E-state index is 0.0606. The van der Waals surface area contributed by atoms with Gasteiger partial charge >= 0.3 is 0 Å². The minimum Gasteiger partial charge on any atom is -0.313 e. The standard InChI is InChI=1S/C16H21F2N3/c1-3-7-19-14(8-12-10-20-21(2)11-12)9-13-5-4-6-15(17)16(13)18/h4-6,10-11,14,19H,3,7-9H2,1-2H3. The normalized spacial score (nSPS) is 12.6. The summed E-state index contributed by atoms with van der Waals surface area (Å²) in [6.45, 7) is 2.93. The van der Waals surface area contributed by atoms with Crippen LogP contribution < -0.4 is 5.32 Å². The predicted molar refractivity (Wildman–Crippen MR) is 79.1 cm³/mol. The third-order valence-electron chi connectivity index (χ3n) is 3.42. The van der Waals surface area contributed by atoms with E-state index < -0.39 is 11.6 Å². The minimum atomic E-state index is -0.789. The molecule has 0 amide bonds. The first kappa shape index (κ1) is 15.6. The average molecular weight is 293 g/mol. The molecule has 114 valence electrons. The second-order valence-electron chi connectivity index (χ2n) is 5.29. The van der Waals surface area contributed by atoms with Gasteiger partial charge in [-0.1, -0.05) is 19.1 Å². The number of hydrogen-bond donors (Lipinski definition) is 1. The lowest BCUT2D eigenvalue weighted by atomic mass is 10.00. The zero-order valence-electron chi connectivity index (χ0n) is 12.4. The van der Waals surface area contributed by atoms with Crippen LogP contribution in [0.2, 0.25) is 0 Å². The molecular formula is C16H21F2N3. The molecule has 0 aliphatic rings. The summed E-state index contributed by atoms with van der Waals surface area (Å²) in [7, 11) is 1.87. The van der Waals surface area contributed by atoms with E-state index in [0.29, 0.717) is 12.0 Å². The number of nitrogens with zero attached hydrogens (tertiary/aromatic N) is 2. The number of halogens is 2. The summed E-state index contributed by atoms with van der Waals surface area (Å²) in [5.74, 6) is -1.53. The Balaban J connectivity index is 2.10. The van der Waals surface area contributed by atoms with Crippen LogP contribution in [-0.2, 0) is 19.9 Å². The quantitative estimate of drug-likeness (QED) is 0.850. The van der Waals surface area contributed by atoms with Gasteiger partial charge in [0.2, 0.25) is 0 Å². The van der Waals surface area contributed by atoms with Gasteiger partial charge < -0.3 is 5.32 Å². The van der Waals surface area contributed by atoms with Crippen molar-refractivity contribution in [3.05, 3.63) is 53.4 Å². The van der Waals surface area contributed by atoms with Crippen molar-refractivity contribution < 1.29 is 8.78 Å². The van der Waals surface area contributed by atoms with Crippen LogP contribution in [0.1, 0.15) is 24.5 Å². The second-order valence-corrected chi connectivity index (χ2v) is 5.29. The number of aryl methyl sites for hydroxylation is 1. The highest BCUT2D eigenvalue weighted by Gasteiger charge is 2.15. The highest BCUT2D eigenvalue weighted by Crippen LogP contribution is 2.15. The Hall–Kier alpha value is -1.75. The van der Waals surface area contributed by atoms with E-state index in [1.807, 2.05) is 19.4 Å². The van der Waals surface area contributed by atoms with Crippen molar-refractivity contribution >= 4 is 0 Å². The van der Waals surface area contributed by atoms with Crippen LogP contribution in [0.3, 0.4) is 0 Å². The van der Waals surface area contributed by atoms with Gasteiger partial charge in [0.25, 0.3) is 0 Å². The summed E-state index contributed by atoms with van der Waals surface area (Å²) in [4.78, 5) is 0. The highest BCUT2D eigenvalue weighted by molar-refractivity contribution is 5.21. The van der Waals surface area contributed by atoms with E-state index in [-0.39, 0.29) is 6.04 Å². The molecule has 3 nitrogen and oxygen atoms in total. The Labute approximate surface area is 124 Å². The molecule has 1 unspecified atom stereocenters. The summed E-state index contributed by atoms with van der Waals surface area (Å²) < 4.78 is 28.9. The fraction of sp³-hybridized carbons (Fsp3) is 0.438. The van der Waals surface area contributed by atoms with Gasteiger partial charge in [-0.25, -0.2) is 8.78 Å². The predicted octanol–water partition coefficient (Wildman–Crippen LogP) is 2.85. The molecule has 21 heavy (non-hydrogen) atoms. The molecule has 1 aromatic heterocycles. The largest absolute Gasteiger partial charge is 0.313 e. The maximum absolute atomic E-state index is 13.8. The second kappa shape index (κ2) is 7.31. The van der Waals surface area contributed by atoms with Crippen molar-refractivity contribution in [1.82, 2.24) is 15.1 Å². The lowest BCUT2D eigenvalue weighted by molar-refractivity contribution is 0.468. The Morgan fingerprint density at radius 2 is 2.10 bits per heavy atom. The average Bonchev–Trinajstić information content (AvgIpc) is 2.86. The van der Waals surface area contributed by atoms with Gasteiger partial charge in [0.15, 0.2) is 11.6 Å². The summed E-state index contributed by atoms with van der Waals surface area (Å²) in [5, 5.41) is 7.54. The van der Waals surface area contributed by atoms with Gasteiger partial charge in [-0.3, -0.25) is 4.68 Å². The summed E-state index contributed by atoms with van der Waals surface area (Å²) >= 11 is 0. The molecule has 1 heterocycles. The SMILES string of the molecule is CCCNC(Cc1cnn(C)c1)Cc1cccc(F)c1F. The van der Waals surface area contributed by atoms with E-state index in [2.05, 4.69) is 17.3 Å². The van der Waals surface area contributed by atoms with E-state index in [0.717, 1.165) is 31.0 Å². The van der Waals surface area contributed by atoms with Crippen molar-refractivity contribution in [2.45, 2.75) is 32.2 Å². The van der Waals surface area contributed by atoms with Crippen molar-refractivity contribution in [2.24, 2.45) is 7.05 Å². The van der Waals surface area contributed by atoms with Gasteiger partial charge in [0.1, 0.15) is 0 Å². The zero-order valence-corrected chi connectivity index (χ0v) is 12.4. The number of benzene rings is 1. The fourth-order valence-corrected chi connectivity index (χ4v) is 2.40. The van der Waals surface area contributed by atoms with Crippen LogP contribution in [0.4, 0.5) is 8.78 Å². The number of nitrogens with one attached hydrogen (secondary N) is 1. The molecule has 0 bridgehead atoms. The molecule has 0 saturated heterocycles. The van der Waals surface area contributed by atoms with Gasteiger partial charge in [-0.15, -0.1) is 0 Å². The molecule has 0 fully saturated rings. The first-order valence-corrected chi connectivity index (χ1v) is 7.24. The highest BCUT2D eigenvalue weighted by atomic mass is 19.2. The Kier molecular flexibility index (Phi) is 5.44. The first-order chi connectivity index (χ1) is 10.1. The molecule has 0 saturated carbocycles. The molecule has 1 aromatic carbocycles. The van der Waals surface area contributed by atoms with Crippen molar-refractivity contribution in [1.29, 1.82) is 0 Å². The zero-order chi connectivity index (χ0) is 15.2. The van der Waals surface area contributed by atoms with Crippen LogP contribution in [0.25, 0.3) is 0 Å². The third kappa shape index (κ3) is 4.36. The van der Waals surface area contributed by atoms with Crippen LogP contribution in [0.5, 0.6) is 0 Å². The van der Waals surface area contributed by atoms with E-state index in [4.69, 9.17) is 0 Å². The lowest BCUT2D eigenvalue weighted by Crippen LogP contribution is -2.34. The van der Waals surface area contributed by atoms with Crippen LogP contribution >= 0.6 is 0 Å². The molecular weight excluding hydrogens is 272 g/mol. The Morgan fingerprint density at radius 1 is 1.29 bits per heavy atom. The van der Waals surface area contributed by atoms with Gasteiger partial charge in [0.05, 0.1) is 6.20 Å². The Morgan fingerprint density at radius 3 is 2.76 bits per heavy atom. The van der Waals surface area contributed by atoms with Crippen LogP contribution in [0.15, 0.2) is 30.6 Å². The van der Waals surface area contributed by atoms with Crippen LogP contribution in [-0.4, -0.2) is 22.4 Å². The molecule has 2 aromatic rings. The molecule has 2 rings (SSSR count). The van der Waals surface area contributed by atoms with E-state index in [9.17, 15) is 8.78 Å². The number of rotatable bonds is 7. The van der Waals surface area contributed by atoms with Crippen molar-refractivity contribution in [2.75, 3.05) is 6.54 Å². The van der Waals surface area contributed by atoms with Gasteiger partial charge in [0, 0.05) is 19.3 Å².